The lowest BCUT2D eigenvalue weighted by atomic mass is 10.2. The molecule has 0 spiro atoms. The Bertz CT molecular complexity index is 630. The first-order valence-corrected chi connectivity index (χ1v) is 6.91. The van der Waals surface area contributed by atoms with E-state index in [1.807, 2.05) is 6.07 Å². The average Bonchev–Trinajstić information content (AvgIpc) is 3.01. The van der Waals surface area contributed by atoms with Gasteiger partial charge in [-0.05, 0) is 25.0 Å². The topological polar surface area (TPSA) is 88.7 Å². The van der Waals surface area contributed by atoms with Crippen LogP contribution in [0.25, 0.3) is 0 Å². The van der Waals surface area contributed by atoms with Crippen LogP contribution in [0.1, 0.15) is 31.2 Å². The molecule has 1 amide bonds. The first-order valence-electron chi connectivity index (χ1n) is 6.91. The van der Waals surface area contributed by atoms with E-state index >= 15 is 0 Å². The zero-order chi connectivity index (χ0) is 15.1. The smallest absolute Gasteiger partial charge is 0.263 e. The van der Waals surface area contributed by atoms with E-state index in [2.05, 4.69) is 16.7 Å². The number of para-hydroxylation sites is 1. The van der Waals surface area contributed by atoms with E-state index in [1.54, 1.807) is 24.3 Å². The molecule has 2 rings (SSSR count). The van der Waals surface area contributed by atoms with Gasteiger partial charge in [-0.1, -0.05) is 25.0 Å². The molecular weight excluding hydrogens is 264 g/mol. The molecule has 0 atom stereocenters. The molecule has 5 nitrogen and oxygen atoms in total. The molecule has 0 aliphatic heterocycles. The summed E-state index contributed by atoms with van der Waals surface area (Å²) in [5, 5.41) is 23.8. The van der Waals surface area contributed by atoms with Crippen LogP contribution < -0.4 is 10.6 Å². The zero-order valence-electron chi connectivity index (χ0n) is 11.6. The van der Waals surface area contributed by atoms with Crippen molar-refractivity contribution in [3.05, 3.63) is 41.6 Å². The number of rotatable bonds is 4. The second kappa shape index (κ2) is 7.12. The van der Waals surface area contributed by atoms with Gasteiger partial charge in [0.1, 0.15) is 17.7 Å². The number of carbonyl (C=O) groups is 1. The van der Waals surface area contributed by atoms with Gasteiger partial charge in [-0.15, -0.1) is 0 Å². The first-order chi connectivity index (χ1) is 10.2. The van der Waals surface area contributed by atoms with Crippen molar-refractivity contribution < 1.29 is 4.79 Å². The summed E-state index contributed by atoms with van der Waals surface area (Å²) in [6, 6.07) is 11.0. The minimum Gasteiger partial charge on any atom is -0.359 e. The van der Waals surface area contributed by atoms with E-state index in [-0.39, 0.29) is 17.5 Å². The van der Waals surface area contributed by atoms with Gasteiger partial charge in [0.05, 0.1) is 11.3 Å². The van der Waals surface area contributed by atoms with Crippen LogP contribution >= 0.6 is 0 Å². The van der Waals surface area contributed by atoms with Crippen molar-refractivity contribution in [2.45, 2.75) is 31.7 Å². The van der Waals surface area contributed by atoms with Gasteiger partial charge >= 0.3 is 0 Å². The van der Waals surface area contributed by atoms with Gasteiger partial charge in [-0.25, -0.2) is 0 Å². The maximum atomic E-state index is 12.0. The summed E-state index contributed by atoms with van der Waals surface area (Å²) in [7, 11) is 0. The van der Waals surface area contributed by atoms with Gasteiger partial charge in [0, 0.05) is 12.2 Å². The molecule has 2 N–H and O–H groups in total. The van der Waals surface area contributed by atoms with Crippen LogP contribution in [0, 0.1) is 22.7 Å². The van der Waals surface area contributed by atoms with E-state index in [0.29, 0.717) is 11.3 Å². The summed E-state index contributed by atoms with van der Waals surface area (Å²) in [4.78, 5) is 12.0. The Morgan fingerprint density at radius 3 is 2.62 bits per heavy atom. The van der Waals surface area contributed by atoms with Crippen LogP contribution in [0.5, 0.6) is 0 Å². The predicted molar refractivity (Wildman–Crippen MR) is 78.9 cm³/mol. The lowest BCUT2D eigenvalue weighted by molar-refractivity contribution is -0.117. The van der Waals surface area contributed by atoms with Crippen LogP contribution in [0.15, 0.2) is 36.0 Å². The molecule has 0 aromatic heterocycles. The molecule has 1 saturated carbocycles. The highest BCUT2D eigenvalue weighted by atomic mass is 16.1. The monoisotopic (exact) mass is 280 g/mol. The summed E-state index contributed by atoms with van der Waals surface area (Å²) in [6.45, 7) is 0. The average molecular weight is 280 g/mol. The van der Waals surface area contributed by atoms with Crippen molar-refractivity contribution in [1.82, 2.24) is 5.32 Å². The summed E-state index contributed by atoms with van der Waals surface area (Å²) in [6.07, 6.45) is 5.51. The Morgan fingerprint density at radius 1 is 1.24 bits per heavy atom. The summed E-state index contributed by atoms with van der Waals surface area (Å²) in [5.41, 5.74) is 1.04. The minimum atomic E-state index is -0.369. The Kier molecular flexibility index (Phi) is 4.95. The van der Waals surface area contributed by atoms with Gasteiger partial charge in [0.15, 0.2) is 0 Å². The van der Waals surface area contributed by atoms with Crippen LogP contribution in [-0.4, -0.2) is 11.9 Å². The third-order valence-corrected chi connectivity index (χ3v) is 3.47. The van der Waals surface area contributed by atoms with Gasteiger partial charge < -0.3 is 10.6 Å². The lowest BCUT2D eigenvalue weighted by Crippen LogP contribution is -2.33. The number of hydrogen-bond acceptors (Lipinski definition) is 4. The van der Waals surface area contributed by atoms with Crippen molar-refractivity contribution >= 4 is 11.6 Å². The number of nitrogens with zero attached hydrogens (tertiary/aromatic N) is 2. The fourth-order valence-electron chi connectivity index (χ4n) is 2.34. The highest BCUT2D eigenvalue weighted by Gasteiger charge is 2.19. The molecule has 21 heavy (non-hydrogen) atoms. The largest absolute Gasteiger partial charge is 0.359 e. The van der Waals surface area contributed by atoms with Gasteiger partial charge in [-0.2, -0.15) is 10.5 Å². The third kappa shape index (κ3) is 3.84. The fraction of sp³-hybridized carbons (Fsp3) is 0.312. The van der Waals surface area contributed by atoms with E-state index in [0.717, 1.165) is 25.7 Å². The molecular formula is C16H16N4O. The van der Waals surface area contributed by atoms with E-state index in [9.17, 15) is 4.79 Å². The Balaban J connectivity index is 2.05. The van der Waals surface area contributed by atoms with E-state index in [4.69, 9.17) is 10.5 Å². The highest BCUT2D eigenvalue weighted by Crippen LogP contribution is 2.18. The molecule has 0 unspecified atom stereocenters. The summed E-state index contributed by atoms with van der Waals surface area (Å²) in [5.74, 6) is -0.369. The molecule has 0 heterocycles. The molecule has 1 fully saturated rings. The Labute approximate surface area is 123 Å². The second-order valence-electron chi connectivity index (χ2n) is 4.93. The second-order valence-corrected chi connectivity index (χ2v) is 4.93. The Morgan fingerprint density at radius 2 is 1.95 bits per heavy atom. The number of hydrogen-bond donors (Lipinski definition) is 2. The van der Waals surface area contributed by atoms with Gasteiger partial charge in [0.25, 0.3) is 5.91 Å². The fourth-order valence-corrected chi connectivity index (χ4v) is 2.34. The van der Waals surface area contributed by atoms with Gasteiger partial charge in [0.2, 0.25) is 0 Å². The van der Waals surface area contributed by atoms with Crippen LogP contribution in [-0.2, 0) is 4.79 Å². The standard InChI is InChI=1S/C16H16N4O/c17-9-12-5-1-4-8-15(12)19-11-13(10-18)16(21)20-14-6-2-3-7-14/h1,4-5,8,11,14,19H,2-3,6-7H2,(H,20,21)/b13-11-. The van der Waals surface area contributed by atoms with Crippen molar-refractivity contribution in [2.24, 2.45) is 0 Å². The molecule has 1 aromatic rings. The van der Waals surface area contributed by atoms with Crippen molar-refractivity contribution in [1.29, 1.82) is 10.5 Å². The normalized spacial score (nSPS) is 15.0. The minimum absolute atomic E-state index is 0.00893. The number of anilines is 1. The Hall–Kier alpha value is -2.79. The molecule has 0 radical (unpaired) electrons. The van der Waals surface area contributed by atoms with Gasteiger partial charge in [-0.3, -0.25) is 4.79 Å². The zero-order valence-corrected chi connectivity index (χ0v) is 11.6. The number of carbonyl (C=O) groups excluding carboxylic acids is 1. The predicted octanol–water partition coefficient (Wildman–Crippen LogP) is 2.44. The lowest BCUT2D eigenvalue weighted by Gasteiger charge is -2.11. The highest BCUT2D eigenvalue weighted by molar-refractivity contribution is 5.97. The quantitative estimate of drug-likeness (QED) is 0.655. The van der Waals surface area contributed by atoms with Crippen LogP contribution in [0.4, 0.5) is 5.69 Å². The molecule has 1 aliphatic carbocycles. The third-order valence-electron chi connectivity index (χ3n) is 3.47. The number of amides is 1. The number of nitriles is 2. The van der Waals surface area contributed by atoms with Crippen LogP contribution in [0.2, 0.25) is 0 Å². The van der Waals surface area contributed by atoms with E-state index in [1.165, 1.54) is 6.20 Å². The maximum absolute atomic E-state index is 12.0. The van der Waals surface area contributed by atoms with Crippen LogP contribution in [0.3, 0.4) is 0 Å². The molecule has 0 saturated heterocycles. The van der Waals surface area contributed by atoms with Crippen molar-refractivity contribution in [3.63, 3.8) is 0 Å². The van der Waals surface area contributed by atoms with E-state index < -0.39 is 0 Å². The summed E-state index contributed by atoms with van der Waals surface area (Å²) >= 11 is 0. The number of nitrogens with one attached hydrogen (secondary N) is 2. The SMILES string of the molecule is N#C/C(=C/Nc1ccccc1C#N)C(=O)NC1CCCC1. The molecule has 0 bridgehead atoms. The van der Waals surface area contributed by atoms with Crippen molar-refractivity contribution in [3.8, 4) is 12.1 Å². The molecule has 5 heteroatoms. The number of benzene rings is 1. The van der Waals surface area contributed by atoms with Crippen molar-refractivity contribution in [2.75, 3.05) is 5.32 Å². The molecule has 1 aliphatic rings. The summed E-state index contributed by atoms with van der Waals surface area (Å²) < 4.78 is 0. The maximum Gasteiger partial charge on any atom is 0.263 e. The molecule has 1 aromatic carbocycles. The molecule has 106 valence electrons. The first kappa shape index (κ1) is 14.6.